The number of thiazole rings is 1. The van der Waals surface area contributed by atoms with E-state index < -0.39 is 12.0 Å². The molecule has 1 aliphatic heterocycles. The molecule has 2 heterocycles. The Kier molecular flexibility index (Phi) is 11.9. The zero-order chi connectivity index (χ0) is 34.5. The number of methoxy groups -OCH3 is 1. The molecule has 0 spiro atoms. The number of halogens is 2. The Labute approximate surface area is 310 Å². The number of carbonyl (C=O) groups excluding carboxylic acids is 1. The number of fused-ring (bicyclic) bond motifs is 1. The summed E-state index contributed by atoms with van der Waals surface area (Å²) in [5, 5.41) is 0. The highest BCUT2D eigenvalue weighted by molar-refractivity contribution is 14.1. The van der Waals surface area contributed by atoms with Gasteiger partial charge in [0.2, 0.25) is 0 Å². The second-order valence-electron chi connectivity index (χ2n) is 11.1. The molecule has 1 atom stereocenters. The molecule has 0 saturated heterocycles. The molecule has 12 heteroatoms. The van der Waals surface area contributed by atoms with E-state index in [9.17, 15) is 9.59 Å². The van der Waals surface area contributed by atoms with Gasteiger partial charge in [-0.05, 0) is 139 Å². The third kappa shape index (κ3) is 7.91. The number of benzene rings is 3. The summed E-state index contributed by atoms with van der Waals surface area (Å²) in [5.74, 6) is 1.75. The Morgan fingerprint density at radius 2 is 1.75 bits per heavy atom. The lowest BCUT2D eigenvalue weighted by molar-refractivity contribution is -0.139. The Morgan fingerprint density at radius 3 is 2.42 bits per heavy atom. The number of esters is 1. The van der Waals surface area contributed by atoms with Gasteiger partial charge in [-0.2, -0.15) is 0 Å². The van der Waals surface area contributed by atoms with Crippen LogP contribution in [0.2, 0.25) is 0 Å². The molecule has 5 rings (SSSR count). The van der Waals surface area contributed by atoms with Crippen molar-refractivity contribution in [3.05, 3.63) is 109 Å². The van der Waals surface area contributed by atoms with Gasteiger partial charge >= 0.3 is 5.97 Å². The van der Waals surface area contributed by atoms with Gasteiger partial charge < -0.3 is 23.7 Å². The molecule has 0 fully saturated rings. The molecule has 0 unspecified atom stereocenters. The highest BCUT2D eigenvalue weighted by atomic mass is 127. The number of nitrogens with zero attached hydrogens (tertiary/aromatic N) is 2. The van der Waals surface area contributed by atoms with Crippen LogP contribution in [-0.4, -0.2) is 37.0 Å². The van der Waals surface area contributed by atoms with Crippen molar-refractivity contribution in [1.82, 2.24) is 4.57 Å². The normalized spacial score (nSPS) is 14.4. The third-order valence-corrected chi connectivity index (χ3v) is 9.81. The molecule has 3 aromatic carbocycles. The van der Waals surface area contributed by atoms with E-state index in [-0.39, 0.29) is 23.8 Å². The first-order valence-electron chi connectivity index (χ1n) is 15.4. The number of hydrogen-bond acceptors (Lipinski definition) is 9. The maximum absolute atomic E-state index is 14.2. The van der Waals surface area contributed by atoms with Crippen LogP contribution in [0, 0.1) is 7.14 Å². The van der Waals surface area contributed by atoms with Crippen molar-refractivity contribution in [3.8, 4) is 23.0 Å². The van der Waals surface area contributed by atoms with Crippen molar-refractivity contribution >= 4 is 68.6 Å². The first kappa shape index (κ1) is 35.9. The molecule has 9 nitrogen and oxygen atoms in total. The van der Waals surface area contributed by atoms with E-state index in [4.69, 9.17) is 28.7 Å². The molecule has 48 heavy (non-hydrogen) atoms. The lowest BCUT2D eigenvalue weighted by atomic mass is 9.95. The van der Waals surface area contributed by atoms with Crippen LogP contribution in [0.4, 0.5) is 0 Å². The monoisotopic (exact) mass is 894 g/mol. The number of allylic oxidation sites excluding steroid dienone is 1. The van der Waals surface area contributed by atoms with E-state index >= 15 is 0 Å². The van der Waals surface area contributed by atoms with Crippen molar-refractivity contribution in [2.24, 2.45) is 4.99 Å². The quantitative estimate of drug-likeness (QED) is 0.114. The van der Waals surface area contributed by atoms with Crippen LogP contribution in [0.1, 0.15) is 57.4 Å². The van der Waals surface area contributed by atoms with Crippen LogP contribution >= 0.6 is 56.5 Å². The number of ether oxygens (including phenoxy) is 5. The summed E-state index contributed by atoms with van der Waals surface area (Å²) in [6.07, 6.45) is 1.75. The van der Waals surface area contributed by atoms with E-state index in [0.29, 0.717) is 56.8 Å². The van der Waals surface area contributed by atoms with Crippen LogP contribution in [0.5, 0.6) is 23.0 Å². The minimum atomic E-state index is -0.791. The minimum absolute atomic E-state index is 0.0699. The van der Waals surface area contributed by atoms with Crippen LogP contribution in [0.15, 0.2) is 75.7 Å². The second-order valence-corrected chi connectivity index (χ2v) is 14.5. The zero-order valence-corrected chi connectivity index (χ0v) is 32.6. The fraction of sp³-hybridized carbons (Fsp3) is 0.306. The molecule has 0 aliphatic carbocycles. The van der Waals surface area contributed by atoms with E-state index in [1.54, 1.807) is 37.7 Å². The topological polar surface area (TPSA) is 97.6 Å². The predicted octanol–water partition coefficient (Wildman–Crippen LogP) is 6.78. The van der Waals surface area contributed by atoms with Gasteiger partial charge in [-0.1, -0.05) is 29.5 Å². The van der Waals surface area contributed by atoms with E-state index in [0.717, 1.165) is 18.3 Å². The fourth-order valence-corrected chi connectivity index (χ4v) is 7.46. The standard InChI is InChI=1S/C36H36I2N2O7S/c1-7-44-29-16-23(15-26(38)33(29)46-19-22-9-12-25(37)13-10-22)17-30-34(41)40-32(24-11-14-27(47-20(3)4)28(18-24)43-6)31(35(42)45-8-2)21(5)39-36(40)48-30/h9-18,20,32H,7-8,19H2,1-6H3/b30-17-/t32-/m1/s1. The van der Waals surface area contributed by atoms with E-state index in [2.05, 4.69) is 45.2 Å². The van der Waals surface area contributed by atoms with Gasteiger partial charge in [-0.3, -0.25) is 9.36 Å². The molecule has 0 N–H and O–H groups in total. The van der Waals surface area contributed by atoms with Crippen LogP contribution in [0.3, 0.4) is 0 Å². The Bertz CT molecular complexity index is 2030. The third-order valence-electron chi connectivity index (χ3n) is 7.31. The number of carbonyl (C=O) groups is 1. The van der Waals surface area contributed by atoms with Gasteiger partial charge in [-0.25, -0.2) is 9.79 Å². The Morgan fingerprint density at radius 1 is 1.00 bits per heavy atom. The van der Waals surface area contributed by atoms with Gasteiger partial charge in [-0.15, -0.1) is 0 Å². The van der Waals surface area contributed by atoms with E-state index in [1.165, 1.54) is 11.3 Å². The number of hydrogen-bond donors (Lipinski definition) is 0. The smallest absolute Gasteiger partial charge is 0.338 e. The molecule has 4 aromatic rings. The fourth-order valence-electron chi connectivity index (χ4n) is 5.27. The van der Waals surface area contributed by atoms with Crippen molar-refractivity contribution in [2.45, 2.75) is 53.4 Å². The van der Waals surface area contributed by atoms with Gasteiger partial charge in [0.25, 0.3) is 5.56 Å². The van der Waals surface area contributed by atoms with E-state index in [1.807, 2.05) is 69.3 Å². The van der Waals surface area contributed by atoms with Gasteiger partial charge in [0.1, 0.15) is 6.61 Å². The zero-order valence-electron chi connectivity index (χ0n) is 27.5. The minimum Gasteiger partial charge on any atom is -0.493 e. The molecule has 0 bridgehead atoms. The summed E-state index contributed by atoms with van der Waals surface area (Å²) in [7, 11) is 1.56. The van der Waals surface area contributed by atoms with Crippen molar-refractivity contribution in [3.63, 3.8) is 0 Å². The number of aromatic nitrogens is 1. The highest BCUT2D eigenvalue weighted by Crippen LogP contribution is 2.37. The lowest BCUT2D eigenvalue weighted by Gasteiger charge is -2.25. The highest BCUT2D eigenvalue weighted by Gasteiger charge is 2.34. The molecule has 252 valence electrons. The van der Waals surface area contributed by atoms with Crippen LogP contribution < -0.4 is 33.8 Å². The van der Waals surface area contributed by atoms with Crippen LogP contribution in [-0.2, 0) is 16.1 Å². The molecule has 0 saturated carbocycles. The van der Waals surface area contributed by atoms with Crippen LogP contribution in [0.25, 0.3) is 6.08 Å². The number of rotatable bonds is 12. The molecule has 0 radical (unpaired) electrons. The van der Waals surface area contributed by atoms with Crippen molar-refractivity contribution in [2.75, 3.05) is 20.3 Å². The average molecular weight is 895 g/mol. The van der Waals surface area contributed by atoms with Gasteiger partial charge in [0.05, 0.1) is 51.8 Å². The predicted molar refractivity (Wildman–Crippen MR) is 203 cm³/mol. The maximum atomic E-state index is 14.2. The SMILES string of the molecule is CCOC(=O)C1=C(C)N=c2s/c(=C\c3cc(I)c(OCc4ccc(I)cc4)c(OCC)c3)c(=O)n2[C@@H]1c1ccc(OC(C)C)c(OC)c1. The second kappa shape index (κ2) is 15.9. The molecule has 0 amide bonds. The maximum Gasteiger partial charge on any atom is 0.338 e. The summed E-state index contributed by atoms with van der Waals surface area (Å²) >= 11 is 5.76. The van der Waals surface area contributed by atoms with Crippen molar-refractivity contribution < 1.29 is 28.5 Å². The Balaban J connectivity index is 1.60. The lowest BCUT2D eigenvalue weighted by Crippen LogP contribution is -2.40. The average Bonchev–Trinajstić information content (AvgIpc) is 3.34. The first-order valence-corrected chi connectivity index (χ1v) is 18.4. The Hall–Kier alpha value is -3.37. The van der Waals surface area contributed by atoms with Crippen molar-refractivity contribution in [1.29, 1.82) is 0 Å². The summed E-state index contributed by atoms with van der Waals surface area (Å²) in [4.78, 5) is 32.8. The first-order chi connectivity index (χ1) is 23.0. The van der Waals surface area contributed by atoms with Gasteiger partial charge in [0, 0.05) is 3.57 Å². The molecule has 1 aromatic heterocycles. The largest absolute Gasteiger partial charge is 0.493 e. The molecular formula is C36H36I2N2O7S. The summed E-state index contributed by atoms with van der Waals surface area (Å²) in [6, 6.07) is 16.6. The summed E-state index contributed by atoms with van der Waals surface area (Å²) < 4.78 is 33.3. The van der Waals surface area contributed by atoms with Gasteiger partial charge in [0.15, 0.2) is 27.8 Å². The molecular weight excluding hydrogens is 858 g/mol. The molecule has 1 aliphatic rings. The summed E-state index contributed by atoms with van der Waals surface area (Å²) in [6.45, 7) is 10.3. The summed E-state index contributed by atoms with van der Waals surface area (Å²) in [5.41, 5.74) is 2.96.